The molecule has 0 saturated heterocycles. The van der Waals surface area contributed by atoms with Gasteiger partial charge in [-0.3, -0.25) is 13.9 Å². The maximum absolute atomic E-state index is 14.3. The number of aryl methyl sites for hydroxylation is 1. The van der Waals surface area contributed by atoms with Crippen LogP contribution in [0.5, 0.6) is 0 Å². The minimum Gasteiger partial charge on any atom is -0.354 e. The number of carbonyl (C=O) groups is 2. The molecule has 0 radical (unpaired) electrons. The second-order valence-corrected chi connectivity index (χ2v) is 10.3. The molecule has 34 heavy (non-hydrogen) atoms. The average molecular weight is 492 g/mol. The van der Waals surface area contributed by atoms with Crippen LogP contribution < -0.4 is 9.62 Å². The molecule has 2 aromatic carbocycles. The van der Waals surface area contributed by atoms with Gasteiger partial charge in [-0.15, -0.1) is 0 Å². The zero-order valence-corrected chi connectivity index (χ0v) is 21.1. The van der Waals surface area contributed by atoms with Crippen molar-refractivity contribution in [2.45, 2.75) is 52.6 Å². The minimum absolute atomic E-state index is 0.0116. The average Bonchev–Trinajstić information content (AvgIpc) is 2.79. The maximum atomic E-state index is 14.3. The van der Waals surface area contributed by atoms with Crippen molar-refractivity contribution >= 4 is 27.5 Å². The fourth-order valence-corrected chi connectivity index (χ4v) is 4.47. The summed E-state index contributed by atoms with van der Waals surface area (Å²) in [5, 5.41) is 2.77. The molecule has 0 fully saturated rings. The van der Waals surface area contributed by atoms with Gasteiger partial charge in [-0.1, -0.05) is 42.8 Å². The predicted molar refractivity (Wildman–Crippen MR) is 132 cm³/mol. The lowest BCUT2D eigenvalue weighted by Gasteiger charge is -2.29. The highest BCUT2D eigenvalue weighted by molar-refractivity contribution is 7.92. The zero-order valence-electron chi connectivity index (χ0n) is 20.3. The van der Waals surface area contributed by atoms with E-state index in [9.17, 15) is 22.4 Å². The van der Waals surface area contributed by atoms with E-state index in [0.29, 0.717) is 17.8 Å². The number of rotatable bonds is 12. The zero-order chi connectivity index (χ0) is 25.3. The monoisotopic (exact) mass is 491 g/mol. The number of anilines is 1. The summed E-state index contributed by atoms with van der Waals surface area (Å²) in [4.78, 5) is 27.1. The second-order valence-electron chi connectivity index (χ2n) is 8.35. The first-order valence-corrected chi connectivity index (χ1v) is 13.2. The molecule has 0 heterocycles. The Hall–Kier alpha value is -2.94. The lowest BCUT2D eigenvalue weighted by atomic mass is 10.1. The number of hydrogen-bond acceptors (Lipinski definition) is 4. The smallest absolute Gasteiger partial charge is 0.242 e. The Labute approximate surface area is 202 Å². The Morgan fingerprint density at radius 2 is 1.74 bits per heavy atom. The maximum Gasteiger partial charge on any atom is 0.242 e. The van der Waals surface area contributed by atoms with E-state index >= 15 is 0 Å². The standard InChI is InChI=1S/C25H34FN3O4S/c1-5-16-27-25(31)20(3)28(18-21-9-6-7-10-23(21)26)24(30)11-8-17-29(34(4,32)33)22-14-12-19(2)13-15-22/h6-7,9-10,12-15,20H,5,8,11,16-18H2,1-4H3,(H,27,31). The number of nitrogens with one attached hydrogen (secondary N) is 1. The molecular formula is C25H34FN3O4S. The number of halogens is 1. The molecule has 2 amide bonds. The molecule has 7 nitrogen and oxygen atoms in total. The first-order chi connectivity index (χ1) is 16.0. The van der Waals surface area contributed by atoms with Gasteiger partial charge in [0.2, 0.25) is 21.8 Å². The Morgan fingerprint density at radius 3 is 2.32 bits per heavy atom. The predicted octanol–water partition coefficient (Wildman–Crippen LogP) is 3.62. The van der Waals surface area contributed by atoms with Gasteiger partial charge >= 0.3 is 0 Å². The summed E-state index contributed by atoms with van der Waals surface area (Å²) in [6, 6.07) is 12.4. The molecule has 1 atom stereocenters. The van der Waals surface area contributed by atoms with Gasteiger partial charge in [0.15, 0.2) is 0 Å². The fraction of sp³-hybridized carbons (Fsp3) is 0.440. The summed E-state index contributed by atoms with van der Waals surface area (Å²) in [7, 11) is -3.55. The number of nitrogens with zero attached hydrogens (tertiary/aromatic N) is 2. The third-order valence-electron chi connectivity index (χ3n) is 5.49. The van der Waals surface area contributed by atoms with Crippen LogP contribution in [0.4, 0.5) is 10.1 Å². The Bertz CT molecular complexity index is 1070. The quantitative estimate of drug-likeness (QED) is 0.491. The molecule has 1 N–H and O–H groups in total. The highest BCUT2D eigenvalue weighted by Gasteiger charge is 2.27. The van der Waals surface area contributed by atoms with Crippen LogP contribution in [0, 0.1) is 12.7 Å². The van der Waals surface area contributed by atoms with Gasteiger partial charge in [0.1, 0.15) is 11.9 Å². The molecule has 0 bridgehead atoms. The number of amides is 2. The van der Waals surface area contributed by atoms with Crippen molar-refractivity contribution in [1.29, 1.82) is 0 Å². The second kappa shape index (κ2) is 12.5. The van der Waals surface area contributed by atoms with Crippen molar-refractivity contribution in [1.82, 2.24) is 10.2 Å². The molecular weight excluding hydrogens is 457 g/mol. The Balaban J connectivity index is 2.15. The lowest BCUT2D eigenvalue weighted by Crippen LogP contribution is -2.48. The van der Waals surface area contributed by atoms with Crippen LogP contribution in [0.2, 0.25) is 0 Å². The first kappa shape index (κ1) is 27.3. The molecule has 9 heteroatoms. The van der Waals surface area contributed by atoms with Crippen molar-refractivity contribution in [2.75, 3.05) is 23.7 Å². The van der Waals surface area contributed by atoms with Gasteiger partial charge in [0.05, 0.1) is 11.9 Å². The van der Waals surface area contributed by atoms with Gasteiger partial charge < -0.3 is 10.2 Å². The van der Waals surface area contributed by atoms with E-state index in [1.54, 1.807) is 37.3 Å². The van der Waals surface area contributed by atoms with E-state index in [1.807, 2.05) is 26.0 Å². The number of hydrogen-bond donors (Lipinski definition) is 1. The topological polar surface area (TPSA) is 86.8 Å². The number of sulfonamides is 1. The van der Waals surface area contributed by atoms with Crippen LogP contribution in [0.3, 0.4) is 0 Å². The number of carbonyl (C=O) groups excluding carboxylic acids is 2. The van der Waals surface area contributed by atoms with E-state index < -0.39 is 21.9 Å². The molecule has 0 aromatic heterocycles. The van der Waals surface area contributed by atoms with Crippen LogP contribution in [0.1, 0.15) is 44.2 Å². The van der Waals surface area contributed by atoms with Crippen molar-refractivity contribution in [3.8, 4) is 0 Å². The molecule has 0 aliphatic heterocycles. The molecule has 186 valence electrons. The van der Waals surface area contributed by atoms with Gasteiger partial charge in [-0.2, -0.15) is 0 Å². The molecule has 1 unspecified atom stereocenters. The molecule has 0 spiro atoms. The fourth-order valence-electron chi connectivity index (χ4n) is 3.50. The summed E-state index contributed by atoms with van der Waals surface area (Å²) in [5.41, 5.74) is 1.84. The van der Waals surface area contributed by atoms with E-state index in [1.165, 1.54) is 15.3 Å². The van der Waals surface area contributed by atoms with Crippen molar-refractivity contribution in [3.05, 3.63) is 65.5 Å². The summed E-state index contributed by atoms with van der Waals surface area (Å²) in [5.74, 6) is -1.12. The molecule has 2 rings (SSSR count). The van der Waals surface area contributed by atoms with E-state index in [4.69, 9.17) is 0 Å². The summed E-state index contributed by atoms with van der Waals surface area (Å²) in [6.07, 6.45) is 2.13. The van der Waals surface area contributed by atoms with E-state index in [-0.39, 0.29) is 37.7 Å². The van der Waals surface area contributed by atoms with Crippen LogP contribution in [-0.2, 0) is 26.2 Å². The third-order valence-corrected chi connectivity index (χ3v) is 6.68. The minimum atomic E-state index is -3.55. The highest BCUT2D eigenvalue weighted by atomic mass is 32.2. The normalized spacial score (nSPS) is 12.1. The van der Waals surface area contributed by atoms with Crippen molar-refractivity contribution in [2.24, 2.45) is 0 Å². The Kier molecular flexibility index (Phi) is 10.0. The van der Waals surface area contributed by atoms with Crippen molar-refractivity contribution in [3.63, 3.8) is 0 Å². The summed E-state index contributed by atoms with van der Waals surface area (Å²) in [6.45, 7) is 5.98. The van der Waals surface area contributed by atoms with Crippen molar-refractivity contribution < 1.29 is 22.4 Å². The Morgan fingerprint density at radius 1 is 1.09 bits per heavy atom. The first-order valence-electron chi connectivity index (χ1n) is 11.4. The number of benzene rings is 2. The van der Waals surface area contributed by atoms with Gasteiger partial charge in [0.25, 0.3) is 0 Å². The van der Waals surface area contributed by atoms with Crippen LogP contribution >= 0.6 is 0 Å². The lowest BCUT2D eigenvalue weighted by molar-refractivity contribution is -0.140. The molecule has 2 aromatic rings. The van der Waals surface area contributed by atoms with E-state index in [2.05, 4.69) is 5.32 Å². The summed E-state index contributed by atoms with van der Waals surface area (Å²) >= 11 is 0. The third kappa shape index (κ3) is 7.83. The molecule has 0 aliphatic rings. The van der Waals surface area contributed by atoms with Crippen LogP contribution in [-0.4, -0.2) is 50.5 Å². The SMILES string of the molecule is CCCNC(=O)C(C)N(Cc1ccccc1F)C(=O)CCCN(c1ccc(C)cc1)S(C)(=O)=O. The van der Waals surface area contributed by atoms with Gasteiger partial charge in [-0.05, 0) is 44.9 Å². The molecule has 0 saturated carbocycles. The van der Waals surface area contributed by atoms with Crippen LogP contribution in [0.15, 0.2) is 48.5 Å². The van der Waals surface area contributed by atoms with E-state index in [0.717, 1.165) is 18.2 Å². The van der Waals surface area contributed by atoms with Gasteiger partial charge in [0, 0.05) is 31.6 Å². The van der Waals surface area contributed by atoms with Crippen LogP contribution in [0.25, 0.3) is 0 Å². The van der Waals surface area contributed by atoms with Gasteiger partial charge in [-0.25, -0.2) is 12.8 Å². The molecule has 0 aliphatic carbocycles. The highest BCUT2D eigenvalue weighted by Crippen LogP contribution is 2.20. The summed E-state index contributed by atoms with van der Waals surface area (Å²) < 4.78 is 40.2. The largest absolute Gasteiger partial charge is 0.354 e.